The molecule has 2 heterocycles. The van der Waals surface area contributed by atoms with Crippen LogP contribution in [0.3, 0.4) is 0 Å². The van der Waals surface area contributed by atoms with E-state index in [-0.39, 0.29) is 34.1 Å². The van der Waals surface area contributed by atoms with Gasteiger partial charge in [0.2, 0.25) is 21.7 Å². The number of carbonyl (C=O) groups excluding carboxylic acids is 2. The van der Waals surface area contributed by atoms with Crippen LogP contribution in [0, 0.1) is 5.92 Å². The smallest absolute Gasteiger partial charge is 0.242 e. The minimum Gasteiger partial charge on any atom is -0.369 e. The molecule has 2 aromatic rings. The average Bonchev–Trinajstić information content (AvgIpc) is 2.71. The first-order chi connectivity index (χ1) is 13.4. The number of sulfone groups is 1. The van der Waals surface area contributed by atoms with Gasteiger partial charge in [-0.25, -0.2) is 8.42 Å². The standard InChI is InChI=1S/C20H21N3O4S/c21-20(25)14-9-11-22(12-10-14)19(24)13-23-15-5-1-3-7-17(15)28(26,27)18-8-4-2-6-16(18)23/h1-8,14H,9-13H2,(H2,21,25). The van der Waals surface area contributed by atoms with Crippen molar-refractivity contribution in [2.75, 3.05) is 24.5 Å². The molecule has 0 radical (unpaired) electrons. The second-order valence-electron chi connectivity index (χ2n) is 7.08. The molecule has 146 valence electrons. The maximum Gasteiger partial charge on any atom is 0.242 e. The van der Waals surface area contributed by atoms with E-state index in [9.17, 15) is 18.0 Å². The van der Waals surface area contributed by atoms with E-state index in [1.807, 2.05) is 0 Å². The molecule has 7 nitrogen and oxygen atoms in total. The van der Waals surface area contributed by atoms with Crippen molar-refractivity contribution in [3.8, 4) is 0 Å². The van der Waals surface area contributed by atoms with Crippen LogP contribution < -0.4 is 10.6 Å². The Morgan fingerprint density at radius 2 is 1.43 bits per heavy atom. The maximum absolute atomic E-state index is 13.0. The number of para-hydroxylation sites is 2. The molecule has 2 aliphatic rings. The third-order valence-corrected chi connectivity index (χ3v) is 7.28. The van der Waals surface area contributed by atoms with E-state index in [0.717, 1.165) is 0 Å². The molecular weight excluding hydrogens is 378 g/mol. The average molecular weight is 399 g/mol. The van der Waals surface area contributed by atoms with E-state index < -0.39 is 9.84 Å². The lowest BCUT2D eigenvalue weighted by molar-refractivity contribution is -0.133. The van der Waals surface area contributed by atoms with Gasteiger partial charge in [0, 0.05) is 19.0 Å². The summed E-state index contributed by atoms with van der Waals surface area (Å²) in [7, 11) is -3.63. The Morgan fingerprint density at radius 3 is 1.93 bits per heavy atom. The molecule has 0 saturated carbocycles. The maximum atomic E-state index is 13.0. The first-order valence-electron chi connectivity index (χ1n) is 9.17. The number of nitrogens with two attached hydrogens (primary N) is 1. The van der Waals surface area contributed by atoms with Gasteiger partial charge < -0.3 is 15.5 Å². The van der Waals surface area contributed by atoms with Crippen LogP contribution in [0.2, 0.25) is 0 Å². The highest BCUT2D eigenvalue weighted by Gasteiger charge is 2.35. The number of amides is 2. The topological polar surface area (TPSA) is 101 Å². The lowest BCUT2D eigenvalue weighted by atomic mass is 9.96. The van der Waals surface area contributed by atoms with Crippen LogP contribution in [-0.4, -0.2) is 44.8 Å². The number of primary amides is 1. The van der Waals surface area contributed by atoms with Gasteiger partial charge in [-0.2, -0.15) is 0 Å². The lowest BCUT2D eigenvalue weighted by Gasteiger charge is -2.36. The SMILES string of the molecule is NC(=O)C1CCN(C(=O)CN2c3ccccc3S(=O)(=O)c3ccccc32)CC1. The molecule has 4 rings (SSSR count). The Hall–Kier alpha value is -2.87. The third-order valence-electron chi connectivity index (χ3n) is 5.43. The summed E-state index contributed by atoms with van der Waals surface area (Å²) in [6.45, 7) is 0.981. The van der Waals surface area contributed by atoms with E-state index in [4.69, 9.17) is 5.73 Å². The molecule has 2 aromatic carbocycles. The zero-order chi connectivity index (χ0) is 19.9. The fourth-order valence-corrected chi connectivity index (χ4v) is 5.54. The predicted octanol–water partition coefficient (Wildman–Crippen LogP) is 1.69. The number of nitrogens with zero attached hydrogens (tertiary/aromatic N) is 2. The molecule has 0 unspecified atom stereocenters. The van der Waals surface area contributed by atoms with Crippen LogP contribution in [0.5, 0.6) is 0 Å². The van der Waals surface area contributed by atoms with Crippen molar-refractivity contribution < 1.29 is 18.0 Å². The quantitative estimate of drug-likeness (QED) is 0.847. The van der Waals surface area contributed by atoms with Crippen molar-refractivity contribution in [2.45, 2.75) is 22.6 Å². The largest absolute Gasteiger partial charge is 0.369 e. The van der Waals surface area contributed by atoms with Gasteiger partial charge in [-0.3, -0.25) is 9.59 Å². The summed E-state index contributed by atoms with van der Waals surface area (Å²) in [5.74, 6) is -0.617. The molecule has 0 bridgehead atoms. The van der Waals surface area contributed by atoms with E-state index in [1.54, 1.807) is 58.3 Å². The van der Waals surface area contributed by atoms with Crippen LogP contribution in [-0.2, 0) is 19.4 Å². The molecule has 8 heteroatoms. The zero-order valence-electron chi connectivity index (χ0n) is 15.2. The molecule has 1 fully saturated rings. The van der Waals surface area contributed by atoms with Crippen LogP contribution in [0.4, 0.5) is 11.4 Å². The summed E-state index contributed by atoms with van der Waals surface area (Å²) in [5, 5.41) is 0. The number of anilines is 2. The molecule has 28 heavy (non-hydrogen) atoms. The monoisotopic (exact) mass is 399 g/mol. The Balaban J connectivity index is 1.64. The predicted molar refractivity (Wildman–Crippen MR) is 104 cm³/mol. The molecule has 2 N–H and O–H groups in total. The number of hydrogen-bond donors (Lipinski definition) is 1. The van der Waals surface area contributed by atoms with E-state index >= 15 is 0 Å². The lowest BCUT2D eigenvalue weighted by Crippen LogP contribution is -2.45. The second-order valence-corrected chi connectivity index (χ2v) is 8.97. The minimum atomic E-state index is -3.63. The van der Waals surface area contributed by atoms with Crippen molar-refractivity contribution in [3.05, 3.63) is 48.5 Å². The van der Waals surface area contributed by atoms with Gasteiger partial charge in [0.25, 0.3) is 0 Å². The summed E-state index contributed by atoms with van der Waals surface area (Å²) >= 11 is 0. The molecule has 2 aliphatic heterocycles. The second kappa shape index (κ2) is 6.94. The zero-order valence-corrected chi connectivity index (χ0v) is 16.1. The molecule has 0 spiro atoms. The van der Waals surface area contributed by atoms with Crippen molar-refractivity contribution in [1.29, 1.82) is 0 Å². The number of carbonyl (C=O) groups is 2. The van der Waals surface area contributed by atoms with Gasteiger partial charge in [-0.15, -0.1) is 0 Å². The Bertz CT molecular complexity index is 989. The minimum absolute atomic E-state index is 0.0325. The number of piperidine rings is 1. The molecular formula is C20H21N3O4S. The highest BCUT2D eigenvalue weighted by atomic mass is 32.2. The number of benzene rings is 2. The molecule has 2 amide bonds. The van der Waals surface area contributed by atoms with Gasteiger partial charge in [0.15, 0.2) is 0 Å². The van der Waals surface area contributed by atoms with Gasteiger partial charge in [-0.05, 0) is 37.1 Å². The van der Waals surface area contributed by atoms with Crippen molar-refractivity contribution >= 4 is 33.0 Å². The first-order valence-corrected chi connectivity index (χ1v) is 10.7. The van der Waals surface area contributed by atoms with Crippen molar-refractivity contribution in [1.82, 2.24) is 4.90 Å². The van der Waals surface area contributed by atoms with Gasteiger partial charge in [0.05, 0.1) is 21.2 Å². The van der Waals surface area contributed by atoms with Crippen LogP contribution >= 0.6 is 0 Å². The van der Waals surface area contributed by atoms with Crippen LogP contribution in [0.25, 0.3) is 0 Å². The first kappa shape index (κ1) is 18.5. The Morgan fingerprint density at radius 1 is 0.929 bits per heavy atom. The molecule has 0 aromatic heterocycles. The number of rotatable bonds is 3. The molecule has 1 saturated heterocycles. The highest BCUT2D eigenvalue weighted by Crippen LogP contribution is 2.43. The Kier molecular flexibility index (Phi) is 4.58. The summed E-state index contributed by atoms with van der Waals surface area (Å²) in [6, 6.07) is 13.5. The Labute approximate surface area is 163 Å². The third kappa shape index (κ3) is 3.03. The number of hydrogen-bond acceptors (Lipinski definition) is 5. The van der Waals surface area contributed by atoms with Crippen molar-refractivity contribution in [3.63, 3.8) is 0 Å². The summed E-state index contributed by atoms with van der Waals surface area (Å²) < 4.78 is 25.9. The van der Waals surface area contributed by atoms with E-state index in [2.05, 4.69) is 0 Å². The van der Waals surface area contributed by atoms with E-state index in [1.165, 1.54) is 0 Å². The van der Waals surface area contributed by atoms with Gasteiger partial charge >= 0.3 is 0 Å². The fourth-order valence-electron chi connectivity index (χ4n) is 3.88. The number of likely N-dealkylation sites (tertiary alicyclic amines) is 1. The van der Waals surface area contributed by atoms with E-state index in [0.29, 0.717) is 37.3 Å². The van der Waals surface area contributed by atoms with Crippen molar-refractivity contribution in [2.24, 2.45) is 11.7 Å². The molecule has 0 atom stereocenters. The van der Waals surface area contributed by atoms with Crippen LogP contribution in [0.1, 0.15) is 12.8 Å². The summed E-state index contributed by atoms with van der Waals surface area (Å²) in [5.41, 5.74) is 6.37. The summed E-state index contributed by atoms with van der Waals surface area (Å²) in [6.07, 6.45) is 1.12. The molecule has 0 aliphatic carbocycles. The van der Waals surface area contributed by atoms with Gasteiger partial charge in [0.1, 0.15) is 6.54 Å². The van der Waals surface area contributed by atoms with Crippen LogP contribution in [0.15, 0.2) is 58.3 Å². The fraction of sp³-hybridized carbons (Fsp3) is 0.300. The van der Waals surface area contributed by atoms with Gasteiger partial charge in [-0.1, -0.05) is 24.3 Å². The normalized spacial score (nSPS) is 18.3. The highest BCUT2D eigenvalue weighted by molar-refractivity contribution is 7.92. The summed E-state index contributed by atoms with van der Waals surface area (Å²) in [4.78, 5) is 28.2. The number of fused-ring (bicyclic) bond motifs is 2.